The van der Waals surface area contributed by atoms with Crippen LogP contribution in [0.2, 0.25) is 0 Å². The van der Waals surface area contributed by atoms with Gasteiger partial charge in [0.15, 0.2) is 9.84 Å². The summed E-state index contributed by atoms with van der Waals surface area (Å²) in [6.45, 7) is 0. The summed E-state index contributed by atoms with van der Waals surface area (Å²) in [4.78, 5) is 1.57. The minimum Gasteiger partial charge on any atom is -0.396 e. The molecular formula is C14H15FN2O2S. The van der Waals surface area contributed by atoms with E-state index in [1.807, 2.05) is 0 Å². The maximum Gasteiger partial charge on any atom is 0.177 e. The van der Waals surface area contributed by atoms with Gasteiger partial charge in [-0.1, -0.05) is 18.2 Å². The van der Waals surface area contributed by atoms with Gasteiger partial charge in [-0.25, -0.2) is 12.8 Å². The van der Waals surface area contributed by atoms with Gasteiger partial charge in [-0.2, -0.15) is 0 Å². The highest BCUT2D eigenvalue weighted by Gasteiger charge is 2.18. The van der Waals surface area contributed by atoms with Crippen LogP contribution in [0.3, 0.4) is 0 Å². The Kier molecular flexibility index (Phi) is 3.67. The van der Waals surface area contributed by atoms with Crippen molar-refractivity contribution in [1.29, 1.82) is 0 Å². The molecule has 4 nitrogen and oxygen atoms in total. The zero-order chi connectivity index (χ0) is 14.9. The molecule has 0 saturated heterocycles. The predicted octanol–water partition coefficient (Wildman–Crippen LogP) is 2.58. The molecule has 0 bridgehead atoms. The average molecular weight is 294 g/mol. The van der Waals surface area contributed by atoms with Crippen LogP contribution in [0, 0.1) is 5.82 Å². The maximum absolute atomic E-state index is 13.8. The van der Waals surface area contributed by atoms with E-state index in [1.54, 1.807) is 37.4 Å². The minimum atomic E-state index is -3.43. The third-order valence-corrected chi connectivity index (χ3v) is 4.17. The van der Waals surface area contributed by atoms with Crippen molar-refractivity contribution >= 4 is 26.9 Å². The molecular weight excluding hydrogens is 279 g/mol. The summed E-state index contributed by atoms with van der Waals surface area (Å²) in [5.74, 6) is -0.404. The second kappa shape index (κ2) is 5.13. The van der Waals surface area contributed by atoms with E-state index in [1.165, 1.54) is 17.0 Å². The topological polar surface area (TPSA) is 63.4 Å². The number of halogens is 1. The lowest BCUT2D eigenvalue weighted by Gasteiger charge is -2.22. The number of sulfone groups is 1. The molecule has 0 atom stereocenters. The molecule has 0 radical (unpaired) electrons. The van der Waals surface area contributed by atoms with E-state index in [0.29, 0.717) is 11.4 Å². The third-order valence-electron chi connectivity index (χ3n) is 3.02. The van der Waals surface area contributed by atoms with E-state index in [4.69, 9.17) is 5.73 Å². The number of anilines is 3. The molecule has 0 fully saturated rings. The van der Waals surface area contributed by atoms with Gasteiger partial charge in [0, 0.05) is 13.3 Å². The summed E-state index contributed by atoms with van der Waals surface area (Å²) >= 11 is 0. The molecule has 0 heterocycles. The van der Waals surface area contributed by atoms with Crippen LogP contribution >= 0.6 is 0 Å². The molecule has 2 aromatic rings. The number of hydrogen-bond donors (Lipinski definition) is 1. The van der Waals surface area contributed by atoms with Gasteiger partial charge in [0.1, 0.15) is 5.82 Å². The Labute approximate surface area is 117 Å². The van der Waals surface area contributed by atoms with E-state index in [9.17, 15) is 12.8 Å². The van der Waals surface area contributed by atoms with Gasteiger partial charge in [-0.3, -0.25) is 0 Å². The quantitative estimate of drug-likeness (QED) is 0.884. The highest BCUT2D eigenvalue weighted by Crippen LogP contribution is 2.34. The highest BCUT2D eigenvalue weighted by atomic mass is 32.2. The van der Waals surface area contributed by atoms with Crippen LogP contribution in [0.5, 0.6) is 0 Å². The van der Waals surface area contributed by atoms with Crippen molar-refractivity contribution < 1.29 is 12.8 Å². The monoisotopic (exact) mass is 294 g/mol. The molecule has 0 aliphatic rings. The Balaban J connectivity index is 2.57. The van der Waals surface area contributed by atoms with Gasteiger partial charge < -0.3 is 10.6 Å². The molecule has 0 aliphatic carbocycles. The van der Waals surface area contributed by atoms with Crippen molar-refractivity contribution in [2.75, 3.05) is 23.9 Å². The average Bonchev–Trinajstić information content (AvgIpc) is 2.37. The second-order valence-electron chi connectivity index (χ2n) is 4.47. The summed E-state index contributed by atoms with van der Waals surface area (Å²) in [7, 11) is -1.79. The first-order valence-electron chi connectivity index (χ1n) is 5.89. The van der Waals surface area contributed by atoms with Gasteiger partial charge in [-0.15, -0.1) is 0 Å². The molecule has 0 saturated carbocycles. The highest BCUT2D eigenvalue weighted by molar-refractivity contribution is 7.90. The van der Waals surface area contributed by atoms with Gasteiger partial charge in [-0.05, 0) is 24.3 Å². The molecule has 0 unspecified atom stereocenters. The van der Waals surface area contributed by atoms with Crippen LogP contribution in [0.15, 0.2) is 47.4 Å². The Hall–Kier alpha value is -2.08. The van der Waals surface area contributed by atoms with Crippen molar-refractivity contribution in [3.63, 3.8) is 0 Å². The fourth-order valence-corrected chi connectivity index (χ4v) is 2.83. The third kappa shape index (κ3) is 2.60. The molecule has 0 aromatic heterocycles. The number of nitrogen functional groups attached to an aromatic ring is 1. The normalized spacial score (nSPS) is 11.3. The molecule has 2 rings (SSSR count). The van der Waals surface area contributed by atoms with Crippen LogP contribution in [0.1, 0.15) is 0 Å². The zero-order valence-electron chi connectivity index (χ0n) is 11.2. The molecule has 2 aromatic carbocycles. The lowest BCUT2D eigenvalue weighted by atomic mass is 10.2. The predicted molar refractivity (Wildman–Crippen MR) is 78.4 cm³/mol. The Morgan fingerprint density at radius 2 is 1.65 bits per heavy atom. The van der Waals surface area contributed by atoms with Crippen molar-refractivity contribution in [1.82, 2.24) is 0 Å². The summed E-state index contributed by atoms with van der Waals surface area (Å²) < 4.78 is 37.1. The molecule has 0 spiro atoms. The van der Waals surface area contributed by atoms with Crippen molar-refractivity contribution in [2.45, 2.75) is 4.90 Å². The van der Waals surface area contributed by atoms with Gasteiger partial charge in [0.25, 0.3) is 0 Å². The molecule has 2 N–H and O–H groups in total. The molecule has 6 heteroatoms. The Morgan fingerprint density at radius 1 is 1.05 bits per heavy atom. The number of benzene rings is 2. The fourth-order valence-electron chi connectivity index (χ4n) is 2.00. The van der Waals surface area contributed by atoms with Crippen LogP contribution < -0.4 is 10.6 Å². The van der Waals surface area contributed by atoms with E-state index in [2.05, 4.69) is 0 Å². The molecule has 0 amide bonds. The summed E-state index contributed by atoms with van der Waals surface area (Å²) in [5, 5.41) is 0. The first kappa shape index (κ1) is 14.3. The van der Waals surface area contributed by atoms with Crippen molar-refractivity contribution in [3.8, 4) is 0 Å². The van der Waals surface area contributed by atoms with Crippen LogP contribution in [0.25, 0.3) is 0 Å². The number of rotatable bonds is 3. The first-order chi connectivity index (χ1) is 9.32. The Bertz CT molecular complexity index is 745. The lowest BCUT2D eigenvalue weighted by Crippen LogP contribution is -2.15. The lowest BCUT2D eigenvalue weighted by molar-refractivity contribution is 0.602. The van der Waals surface area contributed by atoms with Crippen molar-refractivity contribution in [2.24, 2.45) is 0 Å². The summed E-state index contributed by atoms with van der Waals surface area (Å²) in [5.41, 5.74) is 6.79. The molecule has 20 heavy (non-hydrogen) atoms. The molecule has 106 valence electrons. The second-order valence-corrected chi connectivity index (χ2v) is 6.46. The van der Waals surface area contributed by atoms with Gasteiger partial charge >= 0.3 is 0 Å². The van der Waals surface area contributed by atoms with Gasteiger partial charge in [0.2, 0.25) is 0 Å². The summed E-state index contributed by atoms with van der Waals surface area (Å²) in [6, 6.07) is 10.9. The summed E-state index contributed by atoms with van der Waals surface area (Å²) in [6.07, 6.45) is 1.09. The fraction of sp³-hybridized carbons (Fsp3) is 0.143. The largest absolute Gasteiger partial charge is 0.396 e. The number of para-hydroxylation sites is 2. The number of hydrogen-bond acceptors (Lipinski definition) is 4. The van der Waals surface area contributed by atoms with E-state index in [-0.39, 0.29) is 10.6 Å². The van der Waals surface area contributed by atoms with Gasteiger partial charge in [0.05, 0.1) is 22.0 Å². The SMILES string of the molecule is CN(c1ccccc1F)c1cccc(S(C)(=O)=O)c1N. The van der Waals surface area contributed by atoms with E-state index >= 15 is 0 Å². The van der Waals surface area contributed by atoms with Crippen LogP contribution in [0.4, 0.5) is 21.5 Å². The Morgan fingerprint density at radius 3 is 2.25 bits per heavy atom. The van der Waals surface area contributed by atoms with E-state index in [0.717, 1.165) is 6.26 Å². The smallest absolute Gasteiger partial charge is 0.177 e. The molecule has 0 aliphatic heterocycles. The van der Waals surface area contributed by atoms with E-state index < -0.39 is 15.7 Å². The standard InChI is InChI=1S/C14H15FN2O2S/c1-17(11-7-4-3-6-10(11)15)12-8-5-9-13(14(12)16)20(2,18)19/h3-9H,16H2,1-2H3. The zero-order valence-corrected chi connectivity index (χ0v) is 12.0. The first-order valence-corrected chi connectivity index (χ1v) is 7.78. The van der Waals surface area contributed by atoms with Crippen LogP contribution in [-0.2, 0) is 9.84 Å². The van der Waals surface area contributed by atoms with Crippen molar-refractivity contribution in [3.05, 3.63) is 48.3 Å². The number of nitrogens with zero attached hydrogens (tertiary/aromatic N) is 1. The maximum atomic E-state index is 13.8. The van der Waals surface area contributed by atoms with Crippen LogP contribution in [-0.4, -0.2) is 21.7 Å². The number of nitrogens with two attached hydrogens (primary N) is 1. The minimum absolute atomic E-state index is 0.0400.